The Morgan fingerprint density at radius 1 is 1.19 bits per heavy atom. The van der Waals surface area contributed by atoms with Gasteiger partial charge in [0.25, 0.3) is 0 Å². The normalized spacial score (nSPS) is 12.6. The second kappa shape index (κ2) is 5.80. The fourth-order valence-corrected chi connectivity index (χ4v) is 2.49. The highest BCUT2D eigenvalue weighted by atomic mass is 32.1. The maximum absolute atomic E-state index is 5.58. The van der Waals surface area contributed by atoms with E-state index >= 15 is 0 Å². The molecule has 0 saturated heterocycles. The zero-order valence-corrected chi connectivity index (χ0v) is 9.91. The molecule has 0 amide bonds. The van der Waals surface area contributed by atoms with Crippen molar-refractivity contribution in [3.8, 4) is 0 Å². The molecule has 0 fully saturated rings. The predicted molar refractivity (Wildman–Crippen MR) is 69.1 cm³/mol. The molecule has 1 unspecified atom stereocenters. The van der Waals surface area contributed by atoms with Crippen LogP contribution in [0.1, 0.15) is 23.6 Å². The molecule has 1 aromatic heterocycles. The first kappa shape index (κ1) is 11.3. The van der Waals surface area contributed by atoms with Gasteiger partial charge >= 0.3 is 0 Å². The number of hydrogen-bond donors (Lipinski definition) is 2. The number of benzene rings is 1. The zero-order valence-electron chi connectivity index (χ0n) is 9.10. The van der Waals surface area contributed by atoms with E-state index in [0.717, 1.165) is 12.8 Å². The molecule has 0 saturated carbocycles. The highest BCUT2D eigenvalue weighted by molar-refractivity contribution is 7.07. The Balaban J connectivity index is 1.94. The van der Waals surface area contributed by atoms with Crippen LogP contribution in [-0.4, -0.2) is 0 Å². The van der Waals surface area contributed by atoms with Crippen molar-refractivity contribution in [2.24, 2.45) is 5.84 Å². The van der Waals surface area contributed by atoms with E-state index in [2.05, 4.69) is 46.5 Å². The van der Waals surface area contributed by atoms with E-state index < -0.39 is 0 Å². The van der Waals surface area contributed by atoms with Crippen molar-refractivity contribution < 1.29 is 0 Å². The summed E-state index contributed by atoms with van der Waals surface area (Å²) in [5.74, 6) is 5.58. The molecule has 2 nitrogen and oxygen atoms in total. The highest BCUT2D eigenvalue weighted by Gasteiger charge is 2.09. The second-order valence-corrected chi connectivity index (χ2v) is 4.58. The number of hydrogen-bond acceptors (Lipinski definition) is 3. The summed E-state index contributed by atoms with van der Waals surface area (Å²) in [6.07, 6.45) is 2.07. The number of hydrazine groups is 1. The number of aryl methyl sites for hydroxylation is 1. The zero-order chi connectivity index (χ0) is 11.2. The molecule has 3 N–H and O–H groups in total. The monoisotopic (exact) mass is 232 g/mol. The third kappa shape index (κ3) is 2.92. The van der Waals surface area contributed by atoms with Gasteiger partial charge in [0.05, 0.1) is 0 Å². The highest BCUT2D eigenvalue weighted by Crippen LogP contribution is 2.20. The lowest BCUT2D eigenvalue weighted by atomic mass is 10.0. The summed E-state index contributed by atoms with van der Waals surface area (Å²) in [5, 5.41) is 4.23. The van der Waals surface area contributed by atoms with Crippen molar-refractivity contribution >= 4 is 11.3 Å². The molecule has 0 aliphatic carbocycles. The first-order valence-corrected chi connectivity index (χ1v) is 6.36. The average molecular weight is 232 g/mol. The molecule has 84 valence electrons. The van der Waals surface area contributed by atoms with Crippen LogP contribution in [0.15, 0.2) is 47.2 Å². The van der Waals surface area contributed by atoms with Crippen molar-refractivity contribution in [2.75, 3.05) is 0 Å². The molecule has 1 aromatic carbocycles. The average Bonchev–Trinajstić information content (AvgIpc) is 2.85. The molecular weight excluding hydrogens is 216 g/mol. The van der Waals surface area contributed by atoms with Gasteiger partial charge in [-0.25, -0.2) is 0 Å². The van der Waals surface area contributed by atoms with Gasteiger partial charge in [-0.2, -0.15) is 11.3 Å². The van der Waals surface area contributed by atoms with Gasteiger partial charge in [-0.1, -0.05) is 30.3 Å². The molecule has 3 heteroatoms. The van der Waals surface area contributed by atoms with E-state index in [1.54, 1.807) is 11.3 Å². The minimum Gasteiger partial charge on any atom is -0.271 e. The molecule has 0 bridgehead atoms. The van der Waals surface area contributed by atoms with Crippen LogP contribution in [0, 0.1) is 0 Å². The van der Waals surface area contributed by atoms with Crippen LogP contribution in [-0.2, 0) is 6.42 Å². The lowest BCUT2D eigenvalue weighted by molar-refractivity contribution is 0.518. The fraction of sp³-hybridized carbons (Fsp3) is 0.231. The van der Waals surface area contributed by atoms with Gasteiger partial charge in [-0.15, -0.1) is 0 Å². The van der Waals surface area contributed by atoms with Gasteiger partial charge in [0.15, 0.2) is 0 Å². The van der Waals surface area contributed by atoms with Gasteiger partial charge in [0.2, 0.25) is 0 Å². The van der Waals surface area contributed by atoms with Crippen molar-refractivity contribution in [3.05, 3.63) is 58.3 Å². The Morgan fingerprint density at radius 3 is 2.62 bits per heavy atom. The van der Waals surface area contributed by atoms with E-state index in [4.69, 9.17) is 5.84 Å². The predicted octanol–water partition coefficient (Wildman–Crippen LogP) is 2.89. The van der Waals surface area contributed by atoms with E-state index in [1.807, 2.05) is 6.07 Å². The Kier molecular flexibility index (Phi) is 4.10. The lowest BCUT2D eigenvalue weighted by Gasteiger charge is -2.14. The van der Waals surface area contributed by atoms with Gasteiger partial charge in [0, 0.05) is 6.04 Å². The van der Waals surface area contributed by atoms with E-state index in [9.17, 15) is 0 Å². The topological polar surface area (TPSA) is 38.0 Å². The van der Waals surface area contributed by atoms with Crippen LogP contribution in [0.5, 0.6) is 0 Å². The molecule has 0 aliphatic heterocycles. The van der Waals surface area contributed by atoms with Crippen LogP contribution in [0.3, 0.4) is 0 Å². The van der Waals surface area contributed by atoms with Crippen molar-refractivity contribution in [1.82, 2.24) is 5.43 Å². The summed E-state index contributed by atoms with van der Waals surface area (Å²) >= 11 is 1.71. The smallest absolute Gasteiger partial charge is 0.0471 e. The van der Waals surface area contributed by atoms with Crippen molar-refractivity contribution in [3.63, 3.8) is 0 Å². The summed E-state index contributed by atoms with van der Waals surface area (Å²) in [4.78, 5) is 0. The first-order chi connectivity index (χ1) is 7.90. The standard InChI is InChI=1S/C13H16N2S/c14-15-13(12-8-9-16-10-12)7-6-11-4-2-1-3-5-11/h1-5,8-10,13,15H,6-7,14H2. The quantitative estimate of drug-likeness (QED) is 0.614. The van der Waals surface area contributed by atoms with E-state index in [-0.39, 0.29) is 6.04 Å². The minimum absolute atomic E-state index is 0.256. The van der Waals surface area contributed by atoms with Crippen LogP contribution < -0.4 is 11.3 Å². The number of rotatable bonds is 5. The SMILES string of the molecule is NNC(CCc1ccccc1)c1ccsc1. The third-order valence-electron chi connectivity index (χ3n) is 2.71. The Morgan fingerprint density at radius 2 is 2.00 bits per heavy atom. The summed E-state index contributed by atoms with van der Waals surface area (Å²) in [7, 11) is 0. The number of nitrogens with one attached hydrogen (secondary N) is 1. The molecule has 2 rings (SSSR count). The molecule has 1 atom stereocenters. The molecule has 0 spiro atoms. The van der Waals surface area contributed by atoms with Crippen LogP contribution in [0.2, 0.25) is 0 Å². The summed E-state index contributed by atoms with van der Waals surface area (Å²) < 4.78 is 0. The molecule has 1 heterocycles. The number of nitrogens with two attached hydrogens (primary N) is 1. The van der Waals surface area contributed by atoms with Crippen molar-refractivity contribution in [2.45, 2.75) is 18.9 Å². The van der Waals surface area contributed by atoms with Crippen molar-refractivity contribution in [1.29, 1.82) is 0 Å². The summed E-state index contributed by atoms with van der Waals surface area (Å²) in [5.41, 5.74) is 5.52. The first-order valence-electron chi connectivity index (χ1n) is 5.42. The molecule has 2 aromatic rings. The summed E-state index contributed by atoms with van der Waals surface area (Å²) in [6, 6.07) is 12.9. The Labute approximate surface area is 100 Å². The molecule has 0 radical (unpaired) electrons. The molecule has 16 heavy (non-hydrogen) atoms. The van der Waals surface area contributed by atoms with E-state index in [1.165, 1.54) is 11.1 Å². The van der Waals surface area contributed by atoms with Gasteiger partial charge in [0.1, 0.15) is 0 Å². The van der Waals surface area contributed by atoms with Crippen LogP contribution in [0.4, 0.5) is 0 Å². The molecule has 0 aliphatic rings. The molecular formula is C13H16N2S. The van der Waals surface area contributed by atoms with Gasteiger partial charge < -0.3 is 0 Å². The second-order valence-electron chi connectivity index (χ2n) is 3.80. The third-order valence-corrected chi connectivity index (χ3v) is 3.41. The maximum Gasteiger partial charge on any atom is 0.0471 e. The Hall–Kier alpha value is -1.16. The van der Waals surface area contributed by atoms with Crippen LogP contribution >= 0.6 is 11.3 Å². The largest absolute Gasteiger partial charge is 0.271 e. The summed E-state index contributed by atoms with van der Waals surface area (Å²) in [6.45, 7) is 0. The number of thiophene rings is 1. The fourth-order valence-electron chi connectivity index (χ4n) is 1.78. The van der Waals surface area contributed by atoms with Gasteiger partial charge in [-0.05, 0) is 40.8 Å². The van der Waals surface area contributed by atoms with Gasteiger partial charge in [-0.3, -0.25) is 11.3 Å². The lowest BCUT2D eigenvalue weighted by Crippen LogP contribution is -2.28. The van der Waals surface area contributed by atoms with E-state index in [0.29, 0.717) is 0 Å². The maximum atomic E-state index is 5.58. The minimum atomic E-state index is 0.256. The van der Waals surface area contributed by atoms with Crippen LogP contribution in [0.25, 0.3) is 0 Å². The Bertz CT molecular complexity index is 397.